The minimum atomic E-state index is -0.180. The van der Waals surface area contributed by atoms with Crippen LogP contribution < -0.4 is 9.47 Å². The van der Waals surface area contributed by atoms with Gasteiger partial charge in [0.25, 0.3) is 0 Å². The third-order valence-electron chi connectivity index (χ3n) is 4.23. The van der Waals surface area contributed by atoms with Gasteiger partial charge in [-0.25, -0.2) is 0 Å². The second kappa shape index (κ2) is 7.71. The molecule has 5 heteroatoms. The van der Waals surface area contributed by atoms with Gasteiger partial charge in [0.1, 0.15) is 0 Å². The minimum absolute atomic E-state index is 0.180. The lowest BCUT2D eigenvalue weighted by atomic mass is 10.1. The summed E-state index contributed by atoms with van der Waals surface area (Å²) in [6, 6.07) is 8.15. The van der Waals surface area contributed by atoms with E-state index >= 15 is 0 Å². The molecule has 5 nitrogen and oxygen atoms in total. The van der Waals surface area contributed by atoms with Gasteiger partial charge in [-0.1, -0.05) is 13.3 Å². The number of aromatic nitrogens is 2. The normalized spacial score (nSPS) is 17.2. The molecule has 1 fully saturated rings. The number of rotatable bonds is 7. The fourth-order valence-corrected chi connectivity index (χ4v) is 2.97. The molecule has 0 N–H and O–H groups in total. The van der Waals surface area contributed by atoms with Crippen molar-refractivity contribution in [3.63, 3.8) is 0 Å². The number of methoxy groups -OCH3 is 1. The van der Waals surface area contributed by atoms with Gasteiger partial charge >= 0.3 is 0 Å². The molecule has 1 aliphatic heterocycles. The third kappa shape index (κ3) is 3.73. The first kappa shape index (κ1) is 16.8. The van der Waals surface area contributed by atoms with Gasteiger partial charge in [-0.3, -0.25) is 4.68 Å². The molecule has 1 aromatic carbocycles. The van der Waals surface area contributed by atoms with Crippen LogP contribution in [0.25, 0.3) is 11.3 Å². The Morgan fingerprint density at radius 1 is 1.29 bits per heavy atom. The van der Waals surface area contributed by atoms with E-state index in [2.05, 4.69) is 28.8 Å². The van der Waals surface area contributed by atoms with Crippen LogP contribution in [0.4, 0.5) is 0 Å². The van der Waals surface area contributed by atoms with Gasteiger partial charge in [0.15, 0.2) is 17.8 Å². The molecule has 1 aromatic heterocycles. The van der Waals surface area contributed by atoms with Crippen LogP contribution in [-0.4, -0.2) is 29.8 Å². The second-order valence-corrected chi connectivity index (χ2v) is 6.17. The van der Waals surface area contributed by atoms with E-state index in [1.165, 1.54) is 0 Å². The number of hydrogen-bond donors (Lipinski definition) is 0. The third-order valence-corrected chi connectivity index (χ3v) is 4.23. The van der Waals surface area contributed by atoms with Crippen LogP contribution in [0.1, 0.15) is 38.3 Å². The Bertz CT molecular complexity index is 675. The first-order valence-electron chi connectivity index (χ1n) is 8.72. The van der Waals surface area contributed by atoms with Crippen LogP contribution >= 0.6 is 0 Å². The lowest BCUT2D eigenvalue weighted by molar-refractivity contribution is -0.0402. The largest absolute Gasteiger partial charge is 0.493 e. The van der Waals surface area contributed by atoms with E-state index in [0.29, 0.717) is 0 Å². The summed E-state index contributed by atoms with van der Waals surface area (Å²) in [7, 11) is 1.66. The predicted octanol–water partition coefficient (Wildman–Crippen LogP) is 4.18. The number of aryl methyl sites for hydroxylation is 2. The number of unbranched alkanes of at least 4 members (excludes halogenated alkanes) is 1. The molecule has 2 aromatic rings. The fraction of sp³-hybridized carbons (Fsp3) is 0.526. The maximum Gasteiger partial charge on any atom is 0.200 e. The van der Waals surface area contributed by atoms with E-state index in [-0.39, 0.29) is 6.29 Å². The molecule has 24 heavy (non-hydrogen) atoms. The van der Waals surface area contributed by atoms with E-state index < -0.39 is 0 Å². The molecule has 0 radical (unpaired) electrons. The highest BCUT2D eigenvalue weighted by Crippen LogP contribution is 2.34. The lowest BCUT2D eigenvalue weighted by Crippen LogP contribution is -2.14. The molecule has 1 aliphatic rings. The fourth-order valence-electron chi connectivity index (χ4n) is 2.97. The Balaban J connectivity index is 1.90. The summed E-state index contributed by atoms with van der Waals surface area (Å²) in [5.74, 6) is 1.45. The van der Waals surface area contributed by atoms with Crippen LogP contribution in [0.5, 0.6) is 11.5 Å². The van der Waals surface area contributed by atoms with Gasteiger partial charge in [0, 0.05) is 18.5 Å². The molecule has 1 unspecified atom stereocenters. The van der Waals surface area contributed by atoms with E-state index in [0.717, 1.165) is 67.3 Å². The maximum atomic E-state index is 6.01. The topological polar surface area (TPSA) is 45.5 Å². The highest BCUT2D eigenvalue weighted by molar-refractivity contribution is 5.64. The van der Waals surface area contributed by atoms with Crippen molar-refractivity contribution in [3.8, 4) is 22.8 Å². The van der Waals surface area contributed by atoms with Crippen molar-refractivity contribution in [3.05, 3.63) is 30.0 Å². The summed E-state index contributed by atoms with van der Waals surface area (Å²) in [6.07, 6.45) is 4.04. The zero-order valence-corrected chi connectivity index (χ0v) is 14.7. The van der Waals surface area contributed by atoms with E-state index in [1.807, 2.05) is 19.1 Å². The van der Waals surface area contributed by atoms with Crippen molar-refractivity contribution in [1.82, 2.24) is 9.78 Å². The summed E-state index contributed by atoms with van der Waals surface area (Å²) < 4.78 is 19.1. The molecule has 0 aliphatic carbocycles. The average molecular weight is 330 g/mol. The van der Waals surface area contributed by atoms with Crippen LogP contribution in [0.2, 0.25) is 0 Å². The van der Waals surface area contributed by atoms with Crippen LogP contribution in [0.15, 0.2) is 24.3 Å². The van der Waals surface area contributed by atoms with E-state index in [9.17, 15) is 0 Å². The van der Waals surface area contributed by atoms with Gasteiger partial charge in [-0.05, 0) is 44.0 Å². The Hall–Kier alpha value is -2.01. The SMILES string of the molecule is CCCCn1nc(C)cc1-c1ccc(OC)c(OC2CCCO2)c1. The number of benzene rings is 1. The van der Waals surface area contributed by atoms with Crippen molar-refractivity contribution < 1.29 is 14.2 Å². The number of hydrogen-bond acceptors (Lipinski definition) is 4. The molecule has 0 bridgehead atoms. The Morgan fingerprint density at radius 2 is 2.17 bits per heavy atom. The summed E-state index contributed by atoms with van der Waals surface area (Å²) in [6.45, 7) is 5.90. The molecule has 0 amide bonds. The van der Waals surface area contributed by atoms with Gasteiger partial charge in [0.2, 0.25) is 0 Å². The quantitative estimate of drug-likeness (QED) is 0.764. The molecular weight excluding hydrogens is 304 g/mol. The van der Waals surface area contributed by atoms with Crippen LogP contribution in [0.3, 0.4) is 0 Å². The highest BCUT2D eigenvalue weighted by Gasteiger charge is 2.20. The van der Waals surface area contributed by atoms with Crippen LogP contribution in [-0.2, 0) is 11.3 Å². The highest BCUT2D eigenvalue weighted by atomic mass is 16.7. The van der Waals surface area contributed by atoms with Gasteiger partial charge in [0.05, 0.1) is 25.1 Å². The first-order chi connectivity index (χ1) is 11.7. The lowest BCUT2D eigenvalue weighted by Gasteiger charge is -2.16. The monoisotopic (exact) mass is 330 g/mol. The Kier molecular flexibility index (Phi) is 5.41. The predicted molar refractivity (Wildman–Crippen MR) is 93.5 cm³/mol. The molecule has 130 valence electrons. The van der Waals surface area contributed by atoms with Gasteiger partial charge in [-0.2, -0.15) is 5.10 Å². The number of nitrogens with zero attached hydrogens (tertiary/aromatic N) is 2. The Labute approximate surface area is 143 Å². The standard InChI is InChI=1S/C19H26N2O3/c1-4-5-10-21-16(12-14(2)20-21)15-8-9-17(22-3)18(13-15)24-19-7-6-11-23-19/h8-9,12-13,19H,4-7,10-11H2,1-3H3. The van der Waals surface area contributed by atoms with Crippen LogP contribution in [0, 0.1) is 6.92 Å². The number of ether oxygens (including phenoxy) is 3. The summed E-state index contributed by atoms with van der Waals surface area (Å²) in [5.41, 5.74) is 3.22. The summed E-state index contributed by atoms with van der Waals surface area (Å²) in [5, 5.41) is 4.62. The zero-order valence-electron chi connectivity index (χ0n) is 14.7. The average Bonchev–Trinajstić information content (AvgIpc) is 3.22. The maximum absolute atomic E-state index is 6.01. The smallest absolute Gasteiger partial charge is 0.200 e. The van der Waals surface area contributed by atoms with E-state index in [1.54, 1.807) is 7.11 Å². The minimum Gasteiger partial charge on any atom is -0.493 e. The molecule has 0 saturated carbocycles. The van der Waals surface area contributed by atoms with Crippen molar-refractivity contribution in [2.24, 2.45) is 0 Å². The van der Waals surface area contributed by atoms with Crippen molar-refractivity contribution in [1.29, 1.82) is 0 Å². The van der Waals surface area contributed by atoms with Gasteiger partial charge < -0.3 is 14.2 Å². The zero-order chi connectivity index (χ0) is 16.9. The summed E-state index contributed by atoms with van der Waals surface area (Å²) >= 11 is 0. The molecule has 1 saturated heterocycles. The molecule has 3 rings (SSSR count). The Morgan fingerprint density at radius 3 is 2.88 bits per heavy atom. The molecule has 1 atom stereocenters. The summed E-state index contributed by atoms with van der Waals surface area (Å²) in [4.78, 5) is 0. The van der Waals surface area contributed by atoms with Gasteiger partial charge in [-0.15, -0.1) is 0 Å². The van der Waals surface area contributed by atoms with E-state index in [4.69, 9.17) is 14.2 Å². The molecular formula is C19H26N2O3. The van der Waals surface area contributed by atoms with Crippen molar-refractivity contribution in [2.75, 3.05) is 13.7 Å². The first-order valence-corrected chi connectivity index (χ1v) is 8.72. The second-order valence-electron chi connectivity index (χ2n) is 6.17. The van der Waals surface area contributed by atoms with Crippen molar-refractivity contribution >= 4 is 0 Å². The van der Waals surface area contributed by atoms with Crippen molar-refractivity contribution in [2.45, 2.75) is 52.4 Å². The molecule has 2 heterocycles. The molecule has 0 spiro atoms.